The Labute approximate surface area is 121 Å². The highest BCUT2D eigenvalue weighted by atomic mass is 79.9. The molecule has 0 saturated heterocycles. The Kier molecular flexibility index (Phi) is 3.99. The fourth-order valence-corrected chi connectivity index (χ4v) is 1.95. The molecule has 0 aliphatic heterocycles. The molecule has 0 atom stereocenters. The lowest BCUT2D eigenvalue weighted by Crippen LogP contribution is -2.29. The second kappa shape index (κ2) is 5.70. The predicted octanol–water partition coefficient (Wildman–Crippen LogP) is 2.15. The highest BCUT2D eigenvalue weighted by Gasteiger charge is 2.21. The first-order chi connectivity index (χ1) is 9.49. The first-order valence-electron chi connectivity index (χ1n) is 5.50. The van der Waals surface area contributed by atoms with E-state index in [1.165, 1.54) is 6.92 Å². The van der Waals surface area contributed by atoms with Crippen molar-refractivity contribution in [3.63, 3.8) is 0 Å². The standard InChI is InChI=1S/C11H10BrN5O3/c1-6-9(17(19)20)10(14-13-6)15-16-11(18)7-3-2-4-8(12)5-7/h2-5H,1H3,(H,16,18)(H2,13,14,15). The lowest BCUT2D eigenvalue weighted by Gasteiger charge is -2.05. The molecule has 0 spiro atoms. The summed E-state index contributed by atoms with van der Waals surface area (Å²) >= 11 is 3.25. The third-order valence-electron chi connectivity index (χ3n) is 2.48. The van der Waals surface area contributed by atoms with Crippen LogP contribution in [0.25, 0.3) is 0 Å². The number of hydrogen-bond donors (Lipinski definition) is 3. The van der Waals surface area contributed by atoms with Crippen LogP contribution in [0.15, 0.2) is 28.7 Å². The van der Waals surface area contributed by atoms with Crippen LogP contribution in [0.1, 0.15) is 16.1 Å². The molecular formula is C11H10BrN5O3. The van der Waals surface area contributed by atoms with Crippen molar-refractivity contribution in [2.75, 3.05) is 5.43 Å². The molecular weight excluding hydrogens is 330 g/mol. The fraction of sp³-hybridized carbons (Fsp3) is 0.0909. The van der Waals surface area contributed by atoms with Gasteiger partial charge in [0, 0.05) is 10.0 Å². The number of aromatic amines is 1. The Morgan fingerprint density at radius 2 is 2.25 bits per heavy atom. The minimum atomic E-state index is -0.577. The van der Waals surface area contributed by atoms with Crippen molar-refractivity contribution in [1.82, 2.24) is 15.6 Å². The van der Waals surface area contributed by atoms with E-state index in [-0.39, 0.29) is 11.5 Å². The summed E-state index contributed by atoms with van der Waals surface area (Å²) in [7, 11) is 0. The summed E-state index contributed by atoms with van der Waals surface area (Å²) in [5.74, 6) is -0.475. The number of rotatable bonds is 4. The van der Waals surface area contributed by atoms with E-state index in [0.717, 1.165) is 4.47 Å². The predicted molar refractivity (Wildman–Crippen MR) is 75.2 cm³/mol. The van der Waals surface area contributed by atoms with Gasteiger partial charge in [0.2, 0.25) is 5.82 Å². The van der Waals surface area contributed by atoms with Crippen LogP contribution in [0.4, 0.5) is 11.5 Å². The molecule has 1 aromatic carbocycles. The van der Waals surface area contributed by atoms with Crippen LogP contribution in [0.5, 0.6) is 0 Å². The van der Waals surface area contributed by atoms with Gasteiger partial charge in [0.05, 0.1) is 4.92 Å². The molecule has 104 valence electrons. The number of benzene rings is 1. The Morgan fingerprint density at radius 1 is 1.50 bits per heavy atom. The zero-order valence-electron chi connectivity index (χ0n) is 10.3. The van der Waals surface area contributed by atoms with Gasteiger partial charge in [-0.05, 0) is 25.1 Å². The monoisotopic (exact) mass is 339 g/mol. The minimum Gasteiger partial charge on any atom is -0.274 e. The van der Waals surface area contributed by atoms with Crippen LogP contribution in [-0.4, -0.2) is 21.0 Å². The molecule has 0 radical (unpaired) electrons. The van der Waals surface area contributed by atoms with Crippen molar-refractivity contribution < 1.29 is 9.72 Å². The number of halogens is 1. The van der Waals surface area contributed by atoms with Crippen LogP contribution < -0.4 is 10.9 Å². The van der Waals surface area contributed by atoms with Gasteiger partial charge >= 0.3 is 5.69 Å². The zero-order chi connectivity index (χ0) is 14.7. The summed E-state index contributed by atoms with van der Waals surface area (Å²) < 4.78 is 0.756. The first kappa shape index (κ1) is 14.0. The molecule has 3 N–H and O–H groups in total. The molecule has 0 unspecified atom stereocenters. The molecule has 1 aromatic heterocycles. The second-order valence-corrected chi connectivity index (χ2v) is 4.81. The van der Waals surface area contributed by atoms with Gasteiger partial charge in [-0.2, -0.15) is 0 Å². The average Bonchev–Trinajstić information content (AvgIpc) is 2.77. The maximum Gasteiger partial charge on any atom is 0.335 e. The number of hydrazine groups is 1. The molecule has 1 amide bonds. The fourth-order valence-electron chi connectivity index (χ4n) is 1.55. The normalized spacial score (nSPS) is 10.1. The average molecular weight is 340 g/mol. The van der Waals surface area contributed by atoms with Crippen LogP contribution >= 0.6 is 15.9 Å². The number of amides is 1. The molecule has 9 heteroatoms. The molecule has 0 aliphatic rings. The van der Waals surface area contributed by atoms with Crippen molar-refractivity contribution >= 4 is 33.3 Å². The molecule has 0 bridgehead atoms. The number of nitro groups is 1. The largest absolute Gasteiger partial charge is 0.335 e. The molecule has 0 saturated carbocycles. The van der Waals surface area contributed by atoms with Crippen molar-refractivity contribution in [2.24, 2.45) is 0 Å². The summed E-state index contributed by atoms with van der Waals surface area (Å²) in [6, 6.07) is 6.74. The van der Waals surface area contributed by atoms with Crippen molar-refractivity contribution in [3.05, 3.63) is 50.1 Å². The van der Waals surface area contributed by atoms with Gasteiger partial charge in [0.1, 0.15) is 5.69 Å². The highest BCUT2D eigenvalue weighted by Crippen LogP contribution is 2.24. The maximum atomic E-state index is 11.9. The molecule has 8 nitrogen and oxygen atoms in total. The number of carbonyl (C=O) groups excluding carboxylic acids is 1. The van der Waals surface area contributed by atoms with Crippen LogP contribution in [-0.2, 0) is 0 Å². The quantitative estimate of drug-likeness (QED) is 0.583. The minimum absolute atomic E-state index is 0.0455. The van der Waals surface area contributed by atoms with Gasteiger partial charge < -0.3 is 0 Å². The van der Waals surface area contributed by atoms with E-state index >= 15 is 0 Å². The van der Waals surface area contributed by atoms with E-state index in [1.807, 2.05) is 0 Å². The lowest BCUT2D eigenvalue weighted by molar-refractivity contribution is -0.384. The van der Waals surface area contributed by atoms with Gasteiger partial charge in [-0.1, -0.05) is 22.0 Å². The summed E-state index contributed by atoms with van der Waals surface area (Å²) in [4.78, 5) is 22.1. The number of aromatic nitrogens is 2. The zero-order valence-corrected chi connectivity index (χ0v) is 11.9. The van der Waals surface area contributed by atoms with Crippen molar-refractivity contribution in [2.45, 2.75) is 6.92 Å². The molecule has 2 rings (SSSR count). The molecule has 0 aliphatic carbocycles. The maximum absolute atomic E-state index is 11.9. The molecule has 2 aromatic rings. The van der Waals surface area contributed by atoms with Gasteiger partial charge in [0.25, 0.3) is 5.91 Å². The van der Waals surface area contributed by atoms with Gasteiger partial charge in [-0.25, -0.2) is 0 Å². The van der Waals surface area contributed by atoms with E-state index in [2.05, 4.69) is 37.0 Å². The summed E-state index contributed by atoms with van der Waals surface area (Å²) in [5.41, 5.74) is 5.28. The van der Waals surface area contributed by atoms with Crippen LogP contribution in [0.3, 0.4) is 0 Å². The summed E-state index contributed by atoms with van der Waals surface area (Å²) in [6.45, 7) is 1.52. The smallest absolute Gasteiger partial charge is 0.274 e. The van der Waals surface area contributed by atoms with Crippen LogP contribution in [0, 0.1) is 17.0 Å². The molecule has 1 heterocycles. The first-order valence-corrected chi connectivity index (χ1v) is 6.29. The number of aryl methyl sites for hydroxylation is 1. The molecule has 20 heavy (non-hydrogen) atoms. The van der Waals surface area contributed by atoms with E-state index in [4.69, 9.17) is 0 Å². The number of nitrogens with one attached hydrogen (secondary N) is 3. The van der Waals surface area contributed by atoms with E-state index in [0.29, 0.717) is 11.3 Å². The second-order valence-electron chi connectivity index (χ2n) is 3.89. The Balaban J connectivity index is 2.09. The summed E-state index contributed by atoms with van der Waals surface area (Å²) in [5, 5.41) is 17.0. The SMILES string of the molecule is Cc1[nH]nc(NNC(=O)c2cccc(Br)c2)c1[N+](=O)[O-]. The lowest BCUT2D eigenvalue weighted by atomic mass is 10.2. The van der Waals surface area contributed by atoms with E-state index in [9.17, 15) is 14.9 Å². The Bertz CT molecular complexity index is 670. The van der Waals surface area contributed by atoms with Gasteiger partial charge in [0.15, 0.2) is 0 Å². The topological polar surface area (TPSA) is 113 Å². The highest BCUT2D eigenvalue weighted by molar-refractivity contribution is 9.10. The van der Waals surface area contributed by atoms with Crippen molar-refractivity contribution in [3.8, 4) is 0 Å². The van der Waals surface area contributed by atoms with E-state index < -0.39 is 10.8 Å². The van der Waals surface area contributed by atoms with E-state index in [1.54, 1.807) is 24.3 Å². The number of carbonyl (C=O) groups is 1. The number of hydrogen-bond acceptors (Lipinski definition) is 5. The third-order valence-corrected chi connectivity index (χ3v) is 2.97. The van der Waals surface area contributed by atoms with Crippen molar-refractivity contribution in [1.29, 1.82) is 0 Å². The van der Waals surface area contributed by atoms with Gasteiger partial charge in [-0.15, -0.1) is 5.10 Å². The Morgan fingerprint density at radius 3 is 2.90 bits per heavy atom. The number of nitrogens with zero attached hydrogens (tertiary/aromatic N) is 2. The number of anilines is 1. The molecule has 0 fully saturated rings. The van der Waals surface area contributed by atoms with Gasteiger partial charge in [-0.3, -0.25) is 30.9 Å². The van der Waals surface area contributed by atoms with Crippen LogP contribution in [0.2, 0.25) is 0 Å². The number of H-pyrrole nitrogens is 1. The Hall–Kier alpha value is -2.42. The third kappa shape index (κ3) is 2.94. The summed E-state index contributed by atoms with van der Waals surface area (Å²) in [6.07, 6.45) is 0.